The van der Waals surface area contributed by atoms with Crippen molar-refractivity contribution in [2.45, 2.75) is 45.6 Å². The predicted molar refractivity (Wildman–Crippen MR) is 73.1 cm³/mol. The van der Waals surface area contributed by atoms with Gasteiger partial charge in [0.1, 0.15) is 0 Å². The van der Waals surface area contributed by atoms with Gasteiger partial charge in [0.2, 0.25) is 0 Å². The summed E-state index contributed by atoms with van der Waals surface area (Å²) in [7, 11) is 0. The van der Waals surface area contributed by atoms with Gasteiger partial charge in [-0.05, 0) is 63.8 Å². The Kier molecular flexibility index (Phi) is 4.45. The van der Waals surface area contributed by atoms with Crippen LogP contribution in [0.4, 0.5) is 0 Å². The summed E-state index contributed by atoms with van der Waals surface area (Å²) in [5.41, 5.74) is 6.10. The monoisotopic (exact) mass is 239 g/mol. The fourth-order valence-electron chi connectivity index (χ4n) is 2.98. The Labute approximate surface area is 106 Å². The molecule has 100 valence electrons. The molecule has 2 aliphatic rings. The second-order valence-electron chi connectivity index (χ2n) is 6.60. The van der Waals surface area contributed by atoms with Crippen LogP contribution in [0.25, 0.3) is 0 Å². The van der Waals surface area contributed by atoms with Crippen LogP contribution in [0.3, 0.4) is 0 Å². The van der Waals surface area contributed by atoms with Crippen molar-refractivity contribution in [2.24, 2.45) is 11.1 Å². The van der Waals surface area contributed by atoms with E-state index in [9.17, 15) is 0 Å². The van der Waals surface area contributed by atoms with Gasteiger partial charge in [-0.2, -0.15) is 0 Å². The van der Waals surface area contributed by atoms with Gasteiger partial charge < -0.3 is 10.6 Å². The normalized spacial score (nSPS) is 28.1. The molecule has 0 aromatic rings. The summed E-state index contributed by atoms with van der Waals surface area (Å²) in [4.78, 5) is 5.34. The van der Waals surface area contributed by atoms with Crippen LogP contribution < -0.4 is 5.73 Å². The van der Waals surface area contributed by atoms with Crippen molar-refractivity contribution < 1.29 is 0 Å². The quantitative estimate of drug-likeness (QED) is 0.790. The number of nitrogens with zero attached hydrogens (tertiary/aromatic N) is 2. The summed E-state index contributed by atoms with van der Waals surface area (Å²) in [5, 5.41) is 0. The highest BCUT2D eigenvalue weighted by Gasteiger charge is 2.29. The Balaban J connectivity index is 1.70. The fourth-order valence-corrected chi connectivity index (χ4v) is 2.98. The molecular formula is C14H29N3. The van der Waals surface area contributed by atoms with Gasteiger partial charge in [-0.15, -0.1) is 0 Å². The first-order valence-electron chi connectivity index (χ1n) is 7.27. The average Bonchev–Trinajstić information content (AvgIpc) is 2.97. The SMILES string of the molecule is CC(C)(CN)CCN1CCC(N2CCCC2)C1. The van der Waals surface area contributed by atoms with E-state index in [1.54, 1.807) is 0 Å². The van der Waals surface area contributed by atoms with Gasteiger partial charge in [0.15, 0.2) is 0 Å². The molecule has 0 aromatic carbocycles. The first-order chi connectivity index (χ1) is 8.11. The van der Waals surface area contributed by atoms with Gasteiger partial charge in [0.25, 0.3) is 0 Å². The molecule has 1 unspecified atom stereocenters. The van der Waals surface area contributed by atoms with Crippen LogP contribution in [0, 0.1) is 5.41 Å². The van der Waals surface area contributed by atoms with E-state index in [4.69, 9.17) is 5.73 Å². The number of likely N-dealkylation sites (tertiary alicyclic amines) is 2. The van der Waals surface area contributed by atoms with Gasteiger partial charge >= 0.3 is 0 Å². The van der Waals surface area contributed by atoms with Gasteiger partial charge in [-0.25, -0.2) is 0 Å². The van der Waals surface area contributed by atoms with Gasteiger partial charge in [0.05, 0.1) is 0 Å². The third kappa shape index (κ3) is 3.67. The highest BCUT2D eigenvalue weighted by Crippen LogP contribution is 2.23. The molecule has 0 saturated carbocycles. The van der Waals surface area contributed by atoms with Crippen molar-refractivity contribution in [1.29, 1.82) is 0 Å². The van der Waals surface area contributed by atoms with Crippen molar-refractivity contribution in [3.05, 3.63) is 0 Å². The number of hydrogen-bond acceptors (Lipinski definition) is 3. The van der Waals surface area contributed by atoms with E-state index in [1.165, 1.54) is 58.4 Å². The molecule has 0 amide bonds. The van der Waals surface area contributed by atoms with Gasteiger partial charge in [-0.1, -0.05) is 13.8 Å². The molecule has 3 heteroatoms. The van der Waals surface area contributed by atoms with Crippen LogP contribution in [0.1, 0.15) is 39.5 Å². The predicted octanol–water partition coefficient (Wildman–Crippen LogP) is 1.53. The molecule has 0 aromatic heterocycles. The van der Waals surface area contributed by atoms with Crippen LogP contribution in [-0.4, -0.2) is 55.1 Å². The van der Waals surface area contributed by atoms with E-state index >= 15 is 0 Å². The Morgan fingerprint density at radius 3 is 2.53 bits per heavy atom. The van der Waals surface area contributed by atoms with Crippen molar-refractivity contribution >= 4 is 0 Å². The number of hydrogen-bond donors (Lipinski definition) is 1. The summed E-state index contributed by atoms with van der Waals surface area (Å²) in [6.45, 7) is 11.9. The minimum Gasteiger partial charge on any atom is -0.330 e. The zero-order chi connectivity index (χ0) is 12.3. The maximum atomic E-state index is 5.79. The molecule has 0 aliphatic carbocycles. The van der Waals surface area contributed by atoms with E-state index in [2.05, 4.69) is 23.6 Å². The molecule has 2 fully saturated rings. The van der Waals surface area contributed by atoms with E-state index in [-0.39, 0.29) is 0 Å². The summed E-state index contributed by atoms with van der Waals surface area (Å²) in [6.07, 6.45) is 5.44. The molecule has 2 saturated heterocycles. The van der Waals surface area contributed by atoms with Gasteiger partial charge in [0, 0.05) is 12.6 Å². The zero-order valence-electron chi connectivity index (χ0n) is 11.6. The highest BCUT2D eigenvalue weighted by molar-refractivity contribution is 4.86. The molecule has 3 nitrogen and oxygen atoms in total. The summed E-state index contributed by atoms with van der Waals surface area (Å²) < 4.78 is 0. The molecular weight excluding hydrogens is 210 g/mol. The second kappa shape index (κ2) is 5.68. The Hall–Kier alpha value is -0.120. The van der Waals surface area contributed by atoms with E-state index < -0.39 is 0 Å². The largest absolute Gasteiger partial charge is 0.330 e. The highest BCUT2D eigenvalue weighted by atomic mass is 15.3. The minimum absolute atomic E-state index is 0.311. The molecule has 2 N–H and O–H groups in total. The minimum atomic E-state index is 0.311. The molecule has 0 spiro atoms. The van der Waals surface area contributed by atoms with Crippen LogP contribution in [0.2, 0.25) is 0 Å². The van der Waals surface area contributed by atoms with Crippen LogP contribution in [0.15, 0.2) is 0 Å². The van der Waals surface area contributed by atoms with E-state index in [0.717, 1.165) is 12.6 Å². The summed E-state index contributed by atoms with van der Waals surface area (Å²) in [5.74, 6) is 0. The fraction of sp³-hybridized carbons (Fsp3) is 1.00. The topological polar surface area (TPSA) is 32.5 Å². The van der Waals surface area contributed by atoms with Crippen molar-refractivity contribution in [3.63, 3.8) is 0 Å². The molecule has 17 heavy (non-hydrogen) atoms. The third-order valence-electron chi connectivity index (χ3n) is 4.56. The van der Waals surface area contributed by atoms with Crippen molar-refractivity contribution in [1.82, 2.24) is 9.80 Å². The number of nitrogens with two attached hydrogens (primary N) is 1. The molecule has 2 heterocycles. The molecule has 2 aliphatic heterocycles. The van der Waals surface area contributed by atoms with Crippen molar-refractivity contribution in [3.8, 4) is 0 Å². The summed E-state index contributed by atoms with van der Waals surface area (Å²) in [6, 6.07) is 0.846. The molecule has 0 radical (unpaired) electrons. The lowest BCUT2D eigenvalue weighted by atomic mass is 9.89. The molecule has 0 bridgehead atoms. The van der Waals surface area contributed by atoms with Crippen LogP contribution in [0.5, 0.6) is 0 Å². The van der Waals surface area contributed by atoms with Crippen LogP contribution in [-0.2, 0) is 0 Å². The average molecular weight is 239 g/mol. The van der Waals surface area contributed by atoms with E-state index in [1.807, 2.05) is 0 Å². The lowest BCUT2D eigenvalue weighted by molar-refractivity contribution is 0.214. The lowest BCUT2D eigenvalue weighted by Gasteiger charge is -2.27. The number of rotatable bonds is 5. The third-order valence-corrected chi connectivity index (χ3v) is 4.56. The lowest BCUT2D eigenvalue weighted by Crippen LogP contribution is -2.36. The molecule has 1 atom stereocenters. The van der Waals surface area contributed by atoms with Gasteiger partial charge in [-0.3, -0.25) is 4.90 Å². The Bertz CT molecular complexity index is 234. The second-order valence-corrected chi connectivity index (χ2v) is 6.60. The first kappa shape index (κ1) is 13.3. The standard InChI is InChI=1S/C14H29N3/c1-14(2,12-15)6-10-16-9-5-13(11-16)17-7-3-4-8-17/h13H,3-12,15H2,1-2H3. The van der Waals surface area contributed by atoms with Crippen molar-refractivity contribution in [2.75, 3.05) is 39.3 Å². The summed E-state index contributed by atoms with van der Waals surface area (Å²) >= 11 is 0. The van der Waals surface area contributed by atoms with Crippen LogP contribution >= 0.6 is 0 Å². The Morgan fingerprint density at radius 2 is 1.88 bits per heavy atom. The maximum Gasteiger partial charge on any atom is 0.0235 e. The smallest absolute Gasteiger partial charge is 0.0235 e. The molecule has 2 rings (SSSR count). The Morgan fingerprint density at radius 1 is 1.18 bits per heavy atom. The first-order valence-corrected chi connectivity index (χ1v) is 7.27. The van der Waals surface area contributed by atoms with E-state index in [0.29, 0.717) is 5.41 Å². The maximum absolute atomic E-state index is 5.79. The zero-order valence-corrected chi connectivity index (χ0v) is 11.6.